The van der Waals surface area contributed by atoms with Gasteiger partial charge >= 0.3 is 97.8 Å². The fraction of sp³-hybridized carbons (Fsp3) is 0.633. The number of carboxylic acid groups (broad SMARTS) is 9. The van der Waals surface area contributed by atoms with Crippen LogP contribution in [0.15, 0.2) is 36.4 Å². The molecule has 3 amide bonds. The first kappa shape index (κ1) is 93.1. The Morgan fingerprint density at radius 1 is 0.364 bits per heavy atom. The third kappa shape index (κ3) is 37.6. The summed E-state index contributed by atoms with van der Waals surface area (Å²) in [4.78, 5) is 162. The van der Waals surface area contributed by atoms with E-state index in [0.717, 1.165) is 0 Å². The van der Waals surface area contributed by atoms with Crippen molar-refractivity contribution in [3.05, 3.63) is 59.2 Å². The summed E-state index contributed by atoms with van der Waals surface area (Å²) in [6.07, 6.45) is -3.77. The van der Waals surface area contributed by atoms with E-state index in [1.54, 1.807) is 36.4 Å². The summed E-state index contributed by atoms with van der Waals surface area (Å²) in [6.45, 7) is -1.88. The van der Waals surface area contributed by atoms with Crippen LogP contribution < -0.4 is 52.3 Å². The second kappa shape index (κ2) is 52.2. The van der Waals surface area contributed by atoms with Crippen LogP contribution in [-0.2, 0) is 83.7 Å². The van der Waals surface area contributed by atoms with Crippen LogP contribution in [0.4, 0.5) is 0 Å². The topological polar surface area (TPSA) is 592 Å². The van der Waals surface area contributed by atoms with E-state index in [-0.39, 0.29) is 262 Å². The van der Waals surface area contributed by atoms with Gasteiger partial charge in [-0.25, -0.2) is 0 Å². The Morgan fingerprint density at radius 2 is 0.556 bits per heavy atom. The smallest absolute Gasteiger partial charge is 0.548 e. The standard InChI is InChI=1S/C32H51N7O12.C26H36N4O12.C2H7NO.2Gd/c40-17-10-33-27(43)7-4-24(30(46)47)37-13-15-38(25(31(48)49)5-8-28(44)34-11-18-41)20-22-2-1-3-23(36-22)21-39(16-14-37)26(32(50)51)6-9-29(45)35-12-19-42;31-21(32)7-4-18(24(37)38)28-10-12-29(19(25(39)40)5-8-22(33)34)14-16-2-1-3-17(27-16)15-30(13-11-28)20(26(41)42)6-9-23(35)36;3-1-2-4;;/h1-3,24-26,40-42H,4-21H2,(H,33,43)(H,34,44)(H,35,45)(H,46,47)(H,48,49)(H,50,51);1-3,18-20H,4-15H2,(H,31,32)(H,33,34)(H,35,36)(H,37,38)(H,39,40)(H,41,42);4H,1-3H2;;/q;;;2*+3/p-6. The molecule has 37 nitrogen and oxygen atoms in total. The van der Waals surface area contributed by atoms with Gasteiger partial charge in [0.2, 0.25) is 17.7 Å². The third-order valence-corrected chi connectivity index (χ3v) is 15.4. The van der Waals surface area contributed by atoms with Crippen LogP contribution in [0.3, 0.4) is 0 Å². The first-order chi connectivity index (χ1) is 46.1. The van der Waals surface area contributed by atoms with Gasteiger partial charge in [-0.3, -0.25) is 68.1 Å². The second-order valence-electron chi connectivity index (χ2n) is 22.3. The van der Waals surface area contributed by atoms with Crippen LogP contribution in [0.5, 0.6) is 0 Å². The summed E-state index contributed by atoms with van der Waals surface area (Å²) in [5.74, 6) is -14.4. The molecule has 0 fully saturated rings. The molecule has 0 aliphatic carbocycles. The molecule has 0 spiro atoms. The van der Waals surface area contributed by atoms with Gasteiger partial charge in [0, 0.05) is 155 Å². The Balaban J connectivity index is 0.00000183. The van der Waals surface area contributed by atoms with Crippen LogP contribution in [0.2, 0.25) is 0 Å². The maximum Gasteiger partial charge on any atom is 3.00 e. The number of carbonyl (C=O) groups excluding carboxylic acids is 9. The van der Waals surface area contributed by atoms with Crippen LogP contribution in [-0.4, -0.2) is 288 Å². The number of rotatable bonds is 37. The van der Waals surface area contributed by atoms with E-state index in [1.165, 1.54) is 29.4 Å². The van der Waals surface area contributed by atoms with E-state index in [9.17, 15) is 88.2 Å². The zero-order valence-electron chi connectivity index (χ0n) is 54.4. The molecule has 0 aromatic carbocycles. The van der Waals surface area contributed by atoms with Crippen molar-refractivity contribution in [1.82, 2.24) is 55.3 Å². The number of hydrogen-bond donors (Lipinski definition) is 11. The molecule has 0 saturated carbocycles. The summed E-state index contributed by atoms with van der Waals surface area (Å²) < 4.78 is 0. The number of aliphatic hydroxyl groups is 4. The molecule has 2 aliphatic heterocycles. The molecule has 4 bridgehead atoms. The molecule has 4 rings (SSSR count). The number of aliphatic hydroxyl groups excluding tert-OH is 4. The predicted molar refractivity (Wildman–Crippen MR) is 321 cm³/mol. The van der Waals surface area contributed by atoms with Crippen molar-refractivity contribution >= 4 is 71.4 Å². The van der Waals surface area contributed by atoms with Crippen LogP contribution in [0.1, 0.15) is 99.8 Å². The van der Waals surface area contributed by atoms with E-state index in [1.807, 2.05) is 0 Å². The van der Waals surface area contributed by atoms with Crippen molar-refractivity contribution in [2.45, 2.75) is 139 Å². The Bertz CT molecular complexity index is 2740. The van der Waals surface area contributed by atoms with Crippen molar-refractivity contribution in [1.29, 1.82) is 0 Å². The number of aliphatic carboxylic acids is 9. The van der Waals surface area contributed by atoms with Gasteiger partial charge < -0.3 is 117 Å². The zero-order valence-corrected chi connectivity index (χ0v) is 58.9. The molecule has 6 unspecified atom stereocenters. The van der Waals surface area contributed by atoms with Crippen molar-refractivity contribution in [2.75, 3.05) is 105 Å². The average Bonchev–Trinajstić information content (AvgIpc) is 0.844. The van der Waals surface area contributed by atoms with Gasteiger partial charge in [0.1, 0.15) is 0 Å². The molecule has 2 aliphatic rings. The molecule has 2 aromatic heterocycles. The fourth-order valence-corrected chi connectivity index (χ4v) is 10.6. The van der Waals surface area contributed by atoms with Crippen LogP contribution >= 0.6 is 0 Å². The monoisotopic (exact) mass is 1690 g/mol. The second-order valence-corrected chi connectivity index (χ2v) is 22.3. The summed E-state index contributed by atoms with van der Waals surface area (Å²) in [6, 6.07) is 1.43. The van der Waals surface area contributed by atoms with Gasteiger partial charge in [-0.05, 0) is 62.8 Å². The van der Waals surface area contributed by atoms with Crippen molar-refractivity contribution in [3.8, 4) is 0 Å². The number of nitrogens with two attached hydrogens (primary N) is 1. The first-order valence-corrected chi connectivity index (χ1v) is 31.3. The number of nitrogens with zero attached hydrogens (tertiary/aromatic N) is 8. The Hall–Kier alpha value is -5.85. The Kier molecular flexibility index (Phi) is 49.1. The van der Waals surface area contributed by atoms with E-state index in [2.05, 4.69) is 25.9 Å². The van der Waals surface area contributed by atoms with Crippen LogP contribution in [0, 0.1) is 79.9 Å². The fourth-order valence-electron chi connectivity index (χ4n) is 10.6. The number of hydrogen-bond acceptors (Lipinski definition) is 31. The molecule has 39 heteroatoms. The first-order valence-electron chi connectivity index (χ1n) is 31.3. The van der Waals surface area contributed by atoms with Gasteiger partial charge in [-0.15, -0.1) is 0 Å². The molecular weight excluding hydrogens is 1600 g/mol. The van der Waals surface area contributed by atoms with Crippen molar-refractivity contribution in [2.24, 2.45) is 5.73 Å². The molecule has 0 saturated heterocycles. The number of nitrogens with one attached hydrogen (secondary N) is 3. The summed E-state index contributed by atoms with van der Waals surface area (Å²) in [7, 11) is 0. The van der Waals surface area contributed by atoms with Gasteiger partial charge in [-0.1, -0.05) is 12.1 Å². The van der Waals surface area contributed by atoms with E-state index in [0.29, 0.717) is 29.3 Å². The van der Waals surface area contributed by atoms with E-state index >= 15 is 0 Å². The number of pyridine rings is 2. The molecule has 6 atom stereocenters. The van der Waals surface area contributed by atoms with Gasteiger partial charge in [0.15, 0.2) is 0 Å². The molecule has 4 heterocycles. The molecule has 554 valence electrons. The molecule has 2 aromatic rings. The maximum absolute atomic E-state index is 12.5. The van der Waals surface area contributed by atoms with Gasteiger partial charge in [0.05, 0.1) is 109 Å². The number of fused-ring (bicyclic) bond motifs is 4. The summed E-state index contributed by atoms with van der Waals surface area (Å²) >= 11 is 0. The Labute approximate surface area is 634 Å². The minimum Gasteiger partial charge on any atom is -0.548 e. The van der Waals surface area contributed by atoms with Gasteiger partial charge in [-0.2, -0.15) is 0 Å². The normalized spacial score (nSPS) is 16.3. The predicted octanol–water partition coefficient (Wildman–Crippen LogP) is -12.1. The maximum atomic E-state index is 12.5. The zero-order chi connectivity index (χ0) is 72.6. The molecule has 99 heavy (non-hydrogen) atoms. The summed E-state index contributed by atoms with van der Waals surface area (Å²) in [5, 5.41) is 143. The SMILES string of the molecule is NCCO.O=C(CCC(C(=O)[O-])N1CCN(C(CCC(=O)NCCO)C(=O)[O-])Cc2cccc(n2)CN(C(CCC(=O)NCCO)C(=O)[O-])CC1)NCCO.O=C(O)CCC(C(=O)[O-])N1CCN(C(CCC(=O)O)C(=O)[O-])Cc2cccc(n2)CN(C(CCC(=O)O)C(=O)[O-])CC1.[Gd+3].[Gd+3]. The number of carboxylic acids is 9. The quantitative estimate of drug-likeness (QED) is 0.0299. The Morgan fingerprint density at radius 3 is 0.737 bits per heavy atom. The van der Waals surface area contributed by atoms with E-state index in [4.69, 9.17) is 41.5 Å². The van der Waals surface area contributed by atoms with Crippen molar-refractivity contribution in [3.63, 3.8) is 0 Å². The minimum absolute atomic E-state index is 0. The largest absolute Gasteiger partial charge is 3.00 e. The molecule has 2 radical (unpaired) electrons. The van der Waals surface area contributed by atoms with E-state index < -0.39 is 127 Å². The van der Waals surface area contributed by atoms with Gasteiger partial charge in [0.25, 0.3) is 0 Å². The number of aromatic nitrogens is 2. The number of amides is 3. The summed E-state index contributed by atoms with van der Waals surface area (Å²) in [5.41, 5.74) is 6.25. The average molecular weight is 1690 g/mol. The van der Waals surface area contributed by atoms with Crippen LogP contribution in [0.25, 0.3) is 0 Å². The molecular formula is C60H88Gd2N12O25. The third-order valence-electron chi connectivity index (χ3n) is 15.4. The molecule has 12 N–H and O–H groups in total. The minimum atomic E-state index is -1.60. The number of carbonyl (C=O) groups is 12. The van der Waals surface area contributed by atoms with Crippen molar-refractivity contribution < 1.29 is 204 Å².